The molecule has 12 nitrogen and oxygen atoms in total. The predicted molar refractivity (Wildman–Crippen MR) is 122 cm³/mol. The van der Waals surface area contributed by atoms with Gasteiger partial charge in [-0.2, -0.15) is 19.9 Å². The van der Waals surface area contributed by atoms with Crippen LogP contribution in [0.5, 0.6) is 0 Å². The van der Waals surface area contributed by atoms with Gasteiger partial charge in [-0.05, 0) is 43.3 Å². The number of carbonyl (C=O) groups is 1. The molecule has 2 N–H and O–H groups in total. The second-order valence-corrected chi connectivity index (χ2v) is 7.50. The summed E-state index contributed by atoms with van der Waals surface area (Å²) in [6.45, 7) is 1.69. The number of H-pyrrole nitrogens is 1. The van der Waals surface area contributed by atoms with Crippen molar-refractivity contribution >= 4 is 28.4 Å². The van der Waals surface area contributed by atoms with Gasteiger partial charge < -0.3 is 5.32 Å². The molecule has 1 amide bonds. The number of fused-ring (bicyclic) bond motifs is 1. The normalized spacial score (nSPS) is 11.0. The van der Waals surface area contributed by atoms with Gasteiger partial charge in [-0.3, -0.25) is 24.7 Å². The van der Waals surface area contributed by atoms with Gasteiger partial charge in [0.1, 0.15) is 17.0 Å². The summed E-state index contributed by atoms with van der Waals surface area (Å²) < 4.78 is 16.0. The number of aromatic amines is 1. The molecule has 0 unspecified atom stereocenters. The molecule has 0 aliphatic carbocycles. The zero-order chi connectivity index (χ0) is 24.7. The third-order valence-electron chi connectivity index (χ3n) is 5.11. The molecular formula is C22H15FN8O4. The Balaban J connectivity index is 1.54. The number of hydrogen-bond acceptors (Lipinski definition) is 7. The number of hydrogen-bond donors (Lipinski definition) is 2. The number of aryl methyl sites for hydroxylation is 1. The summed E-state index contributed by atoms with van der Waals surface area (Å²) in [5, 5.41) is 22.2. The van der Waals surface area contributed by atoms with Crippen LogP contribution in [0.4, 0.5) is 15.9 Å². The zero-order valence-corrected chi connectivity index (χ0v) is 18.0. The van der Waals surface area contributed by atoms with Crippen LogP contribution in [0.3, 0.4) is 0 Å². The van der Waals surface area contributed by atoms with Crippen molar-refractivity contribution < 1.29 is 14.1 Å². The lowest BCUT2D eigenvalue weighted by atomic mass is 10.2. The van der Waals surface area contributed by atoms with Crippen LogP contribution in [0.1, 0.15) is 16.1 Å². The van der Waals surface area contributed by atoms with E-state index in [1.807, 2.05) is 0 Å². The van der Waals surface area contributed by atoms with Gasteiger partial charge in [0.25, 0.3) is 17.2 Å². The average Bonchev–Trinajstić information content (AvgIpc) is 3.43. The van der Waals surface area contributed by atoms with Gasteiger partial charge in [0.15, 0.2) is 5.65 Å². The molecule has 0 radical (unpaired) electrons. The van der Waals surface area contributed by atoms with Gasteiger partial charge in [0.2, 0.25) is 5.95 Å². The van der Waals surface area contributed by atoms with Gasteiger partial charge in [0, 0.05) is 23.8 Å². The molecule has 0 atom stereocenters. The number of carbonyl (C=O) groups excluding carboxylic acids is 1. The zero-order valence-electron chi connectivity index (χ0n) is 18.0. The monoisotopic (exact) mass is 474 g/mol. The van der Waals surface area contributed by atoms with Crippen LogP contribution in [-0.2, 0) is 0 Å². The van der Waals surface area contributed by atoms with E-state index in [9.17, 15) is 24.1 Å². The first kappa shape index (κ1) is 21.6. The molecule has 3 heterocycles. The van der Waals surface area contributed by atoms with Crippen LogP contribution < -0.4 is 10.9 Å². The van der Waals surface area contributed by atoms with Crippen LogP contribution in [0.2, 0.25) is 0 Å². The van der Waals surface area contributed by atoms with Crippen molar-refractivity contribution in [2.75, 3.05) is 5.32 Å². The summed E-state index contributed by atoms with van der Waals surface area (Å²) in [5.41, 5.74) is 0.783. The number of non-ortho nitro benzene ring substituents is 1. The molecule has 174 valence electrons. The Morgan fingerprint density at radius 1 is 1.11 bits per heavy atom. The van der Waals surface area contributed by atoms with E-state index in [1.165, 1.54) is 64.1 Å². The quantitative estimate of drug-likeness (QED) is 0.293. The Hall–Kier alpha value is -5.20. The summed E-state index contributed by atoms with van der Waals surface area (Å²) in [5.74, 6) is -0.738. The lowest BCUT2D eigenvalue weighted by molar-refractivity contribution is -0.384. The van der Waals surface area contributed by atoms with Crippen LogP contribution in [0.15, 0.2) is 65.6 Å². The third kappa shape index (κ3) is 4.01. The summed E-state index contributed by atoms with van der Waals surface area (Å²) in [6.07, 6.45) is 1.35. The number of nitro groups is 1. The van der Waals surface area contributed by atoms with E-state index >= 15 is 0 Å². The smallest absolute Gasteiger partial charge is 0.269 e. The molecule has 0 aliphatic rings. The molecule has 0 aliphatic heterocycles. The molecule has 0 bridgehead atoms. The Morgan fingerprint density at radius 3 is 2.51 bits per heavy atom. The maximum absolute atomic E-state index is 13.3. The summed E-state index contributed by atoms with van der Waals surface area (Å²) in [4.78, 5) is 42.8. The number of rotatable bonds is 5. The van der Waals surface area contributed by atoms with E-state index in [1.54, 1.807) is 13.0 Å². The number of benzene rings is 2. The largest absolute Gasteiger partial charge is 0.306 e. The Labute approximate surface area is 194 Å². The van der Waals surface area contributed by atoms with E-state index in [0.29, 0.717) is 11.4 Å². The Bertz CT molecular complexity index is 1650. The fourth-order valence-electron chi connectivity index (χ4n) is 3.45. The highest BCUT2D eigenvalue weighted by Crippen LogP contribution is 2.19. The van der Waals surface area contributed by atoms with Gasteiger partial charge >= 0.3 is 0 Å². The van der Waals surface area contributed by atoms with Gasteiger partial charge in [-0.1, -0.05) is 0 Å². The highest BCUT2D eigenvalue weighted by Gasteiger charge is 2.18. The van der Waals surface area contributed by atoms with E-state index < -0.39 is 22.2 Å². The molecule has 0 spiro atoms. The predicted octanol–water partition coefficient (Wildman–Crippen LogP) is 2.90. The second kappa shape index (κ2) is 8.30. The van der Waals surface area contributed by atoms with Crippen LogP contribution in [0, 0.1) is 22.9 Å². The molecule has 0 fully saturated rings. The number of halogens is 1. The summed E-state index contributed by atoms with van der Waals surface area (Å²) >= 11 is 0. The Morgan fingerprint density at radius 2 is 1.83 bits per heavy atom. The molecular weight excluding hydrogens is 459 g/mol. The van der Waals surface area contributed by atoms with Crippen molar-refractivity contribution in [3.8, 4) is 11.6 Å². The fourth-order valence-corrected chi connectivity index (χ4v) is 3.45. The number of aromatic nitrogens is 6. The van der Waals surface area contributed by atoms with Crippen molar-refractivity contribution in [3.05, 3.63) is 98.3 Å². The minimum atomic E-state index is -0.561. The fraction of sp³-hybridized carbons (Fsp3) is 0.0455. The number of nitrogens with one attached hydrogen (secondary N) is 2. The Kier molecular flexibility index (Phi) is 5.13. The molecule has 3 aromatic heterocycles. The number of nitro benzene ring substituents is 1. The molecule has 0 saturated carbocycles. The lowest BCUT2D eigenvalue weighted by Crippen LogP contribution is -2.19. The second-order valence-electron chi connectivity index (χ2n) is 7.50. The van der Waals surface area contributed by atoms with Crippen LogP contribution in [-0.4, -0.2) is 40.4 Å². The van der Waals surface area contributed by atoms with Crippen molar-refractivity contribution in [2.45, 2.75) is 6.92 Å². The molecule has 13 heteroatoms. The van der Waals surface area contributed by atoms with Crippen LogP contribution >= 0.6 is 0 Å². The van der Waals surface area contributed by atoms with Crippen molar-refractivity contribution in [3.63, 3.8) is 0 Å². The standard InChI is InChI=1S/C22H15FN8O4/c1-12-10-18(25-20(32)13-2-6-16(7-3-13)31(34)35)30(28-12)22-26-19-17(21(33)27-22)11-24-29(19)15-8-4-14(23)5-9-15/h2-11H,1H3,(H,25,32)(H,26,27,33). The number of amides is 1. The molecule has 35 heavy (non-hydrogen) atoms. The molecule has 0 saturated heterocycles. The summed E-state index contributed by atoms with van der Waals surface area (Å²) in [7, 11) is 0. The summed E-state index contributed by atoms with van der Waals surface area (Å²) in [6, 6.07) is 12.2. The molecule has 5 aromatic rings. The number of anilines is 1. The maximum atomic E-state index is 13.3. The average molecular weight is 474 g/mol. The number of nitrogens with zero attached hydrogens (tertiary/aromatic N) is 6. The first-order chi connectivity index (χ1) is 16.8. The first-order valence-electron chi connectivity index (χ1n) is 10.2. The van der Waals surface area contributed by atoms with Crippen molar-refractivity contribution in [2.24, 2.45) is 0 Å². The van der Waals surface area contributed by atoms with E-state index in [4.69, 9.17) is 0 Å². The minimum Gasteiger partial charge on any atom is -0.306 e. The maximum Gasteiger partial charge on any atom is 0.269 e. The SMILES string of the molecule is Cc1cc(NC(=O)c2ccc([N+](=O)[O-])cc2)n(-c2nc3c(cnn3-c3ccc(F)cc3)c(=O)[nH]2)n1. The third-order valence-corrected chi connectivity index (χ3v) is 5.11. The van der Waals surface area contributed by atoms with Crippen LogP contribution in [0.25, 0.3) is 22.7 Å². The highest BCUT2D eigenvalue weighted by atomic mass is 19.1. The van der Waals surface area contributed by atoms with E-state index in [0.717, 1.165) is 0 Å². The van der Waals surface area contributed by atoms with Gasteiger partial charge in [0.05, 0.1) is 22.5 Å². The van der Waals surface area contributed by atoms with Gasteiger partial charge in [-0.15, -0.1) is 0 Å². The van der Waals surface area contributed by atoms with E-state index in [2.05, 4.69) is 25.5 Å². The van der Waals surface area contributed by atoms with Crippen molar-refractivity contribution in [1.29, 1.82) is 0 Å². The highest BCUT2D eigenvalue weighted by molar-refractivity contribution is 6.04. The minimum absolute atomic E-state index is 0.0125. The van der Waals surface area contributed by atoms with E-state index in [-0.39, 0.29) is 34.1 Å². The first-order valence-corrected chi connectivity index (χ1v) is 10.2. The van der Waals surface area contributed by atoms with Crippen molar-refractivity contribution in [1.82, 2.24) is 29.5 Å². The topological polar surface area (TPSA) is 154 Å². The molecule has 5 rings (SSSR count). The lowest BCUT2D eigenvalue weighted by Gasteiger charge is -2.09. The van der Waals surface area contributed by atoms with Gasteiger partial charge in [-0.25, -0.2) is 9.07 Å². The molecule has 2 aromatic carbocycles.